The van der Waals surface area contributed by atoms with Gasteiger partial charge in [0.1, 0.15) is 17.3 Å². The number of halogens is 3. The van der Waals surface area contributed by atoms with E-state index in [1.807, 2.05) is 0 Å². The van der Waals surface area contributed by atoms with E-state index in [0.717, 1.165) is 0 Å². The van der Waals surface area contributed by atoms with Crippen LogP contribution in [0.2, 0.25) is 5.02 Å². The lowest BCUT2D eigenvalue weighted by Crippen LogP contribution is -1.91. The quantitative estimate of drug-likeness (QED) is 0.713. The summed E-state index contributed by atoms with van der Waals surface area (Å²) in [6, 6.07) is 11.1. The first-order valence-corrected chi connectivity index (χ1v) is 5.88. The Morgan fingerprint density at radius 3 is 2.59 bits per heavy atom. The van der Waals surface area contributed by atoms with E-state index >= 15 is 0 Å². The molecule has 0 saturated carbocycles. The lowest BCUT2D eigenvalue weighted by atomic mass is 10.2. The number of rotatable bonds is 3. The maximum absolute atomic E-state index is 13.0. The summed E-state index contributed by atoms with van der Waals surface area (Å²) < 4.78 is 18.6. The van der Waals surface area contributed by atoms with Crippen LogP contribution < -0.4 is 4.74 Å². The van der Waals surface area contributed by atoms with Crippen LogP contribution in [0.25, 0.3) is 0 Å². The maximum Gasteiger partial charge on any atom is 0.133 e. The summed E-state index contributed by atoms with van der Waals surface area (Å²) in [5.74, 6) is 0.846. The summed E-state index contributed by atoms with van der Waals surface area (Å²) in [6.45, 7) is 0. The summed E-state index contributed by atoms with van der Waals surface area (Å²) >= 11 is 11.8. The Labute approximate surface area is 109 Å². The van der Waals surface area contributed by atoms with Crippen LogP contribution in [0.15, 0.2) is 42.5 Å². The van der Waals surface area contributed by atoms with Crippen LogP contribution in [0, 0.1) is 5.82 Å². The number of ether oxygens (including phenoxy) is 1. The number of hydrogen-bond acceptors (Lipinski definition) is 1. The van der Waals surface area contributed by atoms with Gasteiger partial charge in [0.2, 0.25) is 0 Å². The normalized spacial score (nSPS) is 10.3. The average molecular weight is 271 g/mol. The van der Waals surface area contributed by atoms with E-state index in [4.69, 9.17) is 27.9 Å². The van der Waals surface area contributed by atoms with Gasteiger partial charge in [-0.3, -0.25) is 0 Å². The van der Waals surface area contributed by atoms with Crippen molar-refractivity contribution >= 4 is 23.2 Å². The van der Waals surface area contributed by atoms with Gasteiger partial charge >= 0.3 is 0 Å². The van der Waals surface area contributed by atoms with Crippen molar-refractivity contribution in [1.29, 1.82) is 0 Å². The molecular formula is C13H9Cl2FO. The zero-order valence-electron chi connectivity index (χ0n) is 8.79. The van der Waals surface area contributed by atoms with Gasteiger partial charge in [-0.1, -0.05) is 23.7 Å². The second-order valence-electron chi connectivity index (χ2n) is 3.41. The Balaban J connectivity index is 2.33. The Kier molecular flexibility index (Phi) is 3.87. The number of alkyl halides is 1. The minimum absolute atomic E-state index is 0.240. The minimum atomic E-state index is -0.350. The van der Waals surface area contributed by atoms with Crippen LogP contribution in [-0.4, -0.2) is 0 Å². The summed E-state index contributed by atoms with van der Waals surface area (Å²) in [5.41, 5.74) is 0.695. The van der Waals surface area contributed by atoms with E-state index in [0.29, 0.717) is 22.1 Å². The van der Waals surface area contributed by atoms with Crippen molar-refractivity contribution in [2.24, 2.45) is 0 Å². The predicted octanol–water partition coefficient (Wildman–Crippen LogP) is 5.01. The first-order valence-electron chi connectivity index (χ1n) is 4.97. The lowest BCUT2D eigenvalue weighted by Gasteiger charge is -2.10. The van der Waals surface area contributed by atoms with Crippen molar-refractivity contribution in [2.45, 2.75) is 5.88 Å². The van der Waals surface area contributed by atoms with Gasteiger partial charge in [-0.15, -0.1) is 11.6 Å². The number of hydrogen-bond donors (Lipinski definition) is 0. The Hall–Kier alpha value is -1.25. The van der Waals surface area contributed by atoms with Gasteiger partial charge in [-0.05, 0) is 24.3 Å². The maximum atomic E-state index is 13.0. The molecule has 0 aliphatic heterocycles. The standard InChI is InChI=1S/C13H9Cl2FO/c14-8-11-12(15)5-2-6-13(11)17-10-4-1-3-9(16)7-10/h1-7H,8H2. The monoisotopic (exact) mass is 270 g/mol. The topological polar surface area (TPSA) is 9.23 Å². The smallest absolute Gasteiger partial charge is 0.133 e. The van der Waals surface area contributed by atoms with Crippen molar-refractivity contribution in [2.75, 3.05) is 0 Å². The van der Waals surface area contributed by atoms with Gasteiger partial charge in [-0.25, -0.2) is 4.39 Å². The molecule has 0 atom stereocenters. The van der Waals surface area contributed by atoms with Crippen molar-refractivity contribution in [3.63, 3.8) is 0 Å². The largest absolute Gasteiger partial charge is 0.457 e. The summed E-state index contributed by atoms with van der Waals surface area (Å²) in [6.07, 6.45) is 0. The SMILES string of the molecule is Fc1cccc(Oc2cccc(Cl)c2CCl)c1. The molecule has 88 valence electrons. The second kappa shape index (κ2) is 5.39. The molecule has 0 heterocycles. The fourth-order valence-electron chi connectivity index (χ4n) is 1.42. The Bertz CT molecular complexity index is 529. The highest BCUT2D eigenvalue weighted by atomic mass is 35.5. The fraction of sp³-hybridized carbons (Fsp3) is 0.0769. The van der Waals surface area contributed by atoms with E-state index < -0.39 is 0 Å². The van der Waals surface area contributed by atoms with Gasteiger partial charge in [0, 0.05) is 16.7 Å². The molecule has 0 aliphatic carbocycles. The van der Waals surface area contributed by atoms with Crippen LogP contribution in [-0.2, 0) is 5.88 Å². The summed E-state index contributed by atoms with van der Waals surface area (Å²) in [4.78, 5) is 0. The zero-order chi connectivity index (χ0) is 12.3. The van der Waals surface area contributed by atoms with E-state index in [-0.39, 0.29) is 11.7 Å². The van der Waals surface area contributed by atoms with Crippen molar-refractivity contribution in [3.05, 3.63) is 58.9 Å². The highest BCUT2D eigenvalue weighted by Crippen LogP contribution is 2.31. The van der Waals surface area contributed by atoms with E-state index in [9.17, 15) is 4.39 Å². The van der Waals surface area contributed by atoms with Crippen molar-refractivity contribution in [3.8, 4) is 11.5 Å². The van der Waals surface area contributed by atoms with Crippen LogP contribution in [0.5, 0.6) is 11.5 Å². The highest BCUT2D eigenvalue weighted by molar-refractivity contribution is 6.32. The third kappa shape index (κ3) is 2.90. The molecule has 0 fully saturated rings. The predicted molar refractivity (Wildman–Crippen MR) is 67.5 cm³/mol. The Morgan fingerprint density at radius 1 is 1.12 bits per heavy atom. The van der Waals surface area contributed by atoms with E-state index in [2.05, 4.69) is 0 Å². The van der Waals surface area contributed by atoms with Crippen LogP contribution in [0.4, 0.5) is 4.39 Å². The molecule has 0 N–H and O–H groups in total. The lowest BCUT2D eigenvalue weighted by molar-refractivity contribution is 0.473. The molecule has 17 heavy (non-hydrogen) atoms. The van der Waals surface area contributed by atoms with Gasteiger partial charge < -0.3 is 4.74 Å². The molecule has 0 amide bonds. The number of benzene rings is 2. The fourth-order valence-corrected chi connectivity index (χ4v) is 2.00. The van der Waals surface area contributed by atoms with E-state index in [1.165, 1.54) is 12.1 Å². The van der Waals surface area contributed by atoms with Crippen LogP contribution in [0.1, 0.15) is 5.56 Å². The molecule has 0 aliphatic rings. The summed E-state index contributed by atoms with van der Waals surface area (Å²) in [5, 5.41) is 0.536. The molecule has 0 saturated heterocycles. The summed E-state index contributed by atoms with van der Waals surface area (Å²) in [7, 11) is 0. The van der Waals surface area contributed by atoms with Crippen molar-refractivity contribution in [1.82, 2.24) is 0 Å². The minimum Gasteiger partial charge on any atom is -0.457 e. The average Bonchev–Trinajstić information content (AvgIpc) is 2.29. The molecule has 0 unspecified atom stereocenters. The third-order valence-electron chi connectivity index (χ3n) is 2.23. The molecule has 2 rings (SSSR count). The first kappa shape index (κ1) is 12.2. The van der Waals surface area contributed by atoms with Gasteiger partial charge in [0.15, 0.2) is 0 Å². The first-order chi connectivity index (χ1) is 8.20. The van der Waals surface area contributed by atoms with Crippen LogP contribution in [0.3, 0.4) is 0 Å². The van der Waals surface area contributed by atoms with Crippen molar-refractivity contribution < 1.29 is 9.13 Å². The molecule has 4 heteroatoms. The molecule has 2 aromatic rings. The Morgan fingerprint density at radius 2 is 1.88 bits per heavy atom. The second-order valence-corrected chi connectivity index (χ2v) is 4.08. The highest BCUT2D eigenvalue weighted by Gasteiger charge is 2.08. The van der Waals surface area contributed by atoms with Gasteiger partial charge in [0.25, 0.3) is 0 Å². The molecule has 0 bridgehead atoms. The molecule has 0 radical (unpaired) electrons. The molecule has 1 nitrogen and oxygen atoms in total. The molecule has 0 spiro atoms. The molecular weight excluding hydrogens is 262 g/mol. The van der Waals surface area contributed by atoms with Crippen LogP contribution >= 0.6 is 23.2 Å². The van der Waals surface area contributed by atoms with Gasteiger partial charge in [-0.2, -0.15) is 0 Å². The van der Waals surface area contributed by atoms with Gasteiger partial charge in [0.05, 0.1) is 5.88 Å². The third-order valence-corrected chi connectivity index (χ3v) is 2.85. The van der Waals surface area contributed by atoms with E-state index in [1.54, 1.807) is 30.3 Å². The molecule has 0 aromatic heterocycles. The zero-order valence-corrected chi connectivity index (χ0v) is 10.3. The molecule has 2 aromatic carbocycles.